The molecule has 0 aliphatic rings. The van der Waals surface area contributed by atoms with Gasteiger partial charge in [0, 0.05) is 45.5 Å². The topological polar surface area (TPSA) is 60.7 Å². The smallest absolute Gasteiger partial charge is 0.267 e. The fourth-order valence-electron chi connectivity index (χ4n) is 2.94. The molecule has 2 aromatic carbocycles. The van der Waals surface area contributed by atoms with Crippen LogP contribution in [0, 0.1) is 5.82 Å². The van der Waals surface area contributed by atoms with Crippen LogP contribution >= 0.6 is 11.6 Å². The summed E-state index contributed by atoms with van der Waals surface area (Å²) in [7, 11) is 0. The first kappa shape index (κ1) is 16.4. The lowest BCUT2D eigenvalue weighted by atomic mass is 10.1. The van der Waals surface area contributed by atoms with Crippen LogP contribution in [0.5, 0.6) is 0 Å². The molecule has 26 heavy (non-hydrogen) atoms. The zero-order valence-electron chi connectivity index (χ0n) is 13.6. The van der Waals surface area contributed by atoms with Gasteiger partial charge in [0.25, 0.3) is 5.91 Å². The van der Waals surface area contributed by atoms with E-state index >= 15 is 0 Å². The van der Waals surface area contributed by atoms with Gasteiger partial charge in [0.2, 0.25) is 0 Å². The van der Waals surface area contributed by atoms with E-state index in [9.17, 15) is 9.18 Å². The number of nitrogens with one attached hydrogen (secondary N) is 3. The summed E-state index contributed by atoms with van der Waals surface area (Å²) >= 11 is 5.98. The predicted octanol–water partition coefficient (Wildman–Crippen LogP) is 4.89. The van der Waals surface area contributed by atoms with Crippen molar-refractivity contribution in [3.8, 4) is 11.3 Å². The number of carbonyl (C=O) groups excluding carboxylic acids is 1. The lowest BCUT2D eigenvalue weighted by Gasteiger charge is -2.07. The Kier molecular flexibility index (Phi) is 4.22. The van der Waals surface area contributed by atoms with Crippen molar-refractivity contribution in [3.05, 3.63) is 82.9 Å². The summed E-state index contributed by atoms with van der Waals surface area (Å²) in [6, 6.07) is 15.9. The van der Waals surface area contributed by atoms with Crippen LogP contribution in [0.4, 0.5) is 4.39 Å². The summed E-state index contributed by atoms with van der Waals surface area (Å²) in [4.78, 5) is 18.7. The molecular formula is C20H15ClFN3O. The first-order chi connectivity index (χ1) is 12.6. The Morgan fingerprint density at radius 3 is 2.77 bits per heavy atom. The molecule has 4 rings (SSSR count). The standard InChI is InChI=1S/C20H15ClFN3O/c21-15-5-3-6-16(22)14(15)11-24-20(26)19-9-8-18(25-19)13-10-23-17-7-2-1-4-12(13)17/h1-10,23,25H,11H2,(H,24,26). The minimum Gasteiger partial charge on any atom is -0.360 e. The molecule has 130 valence electrons. The van der Waals surface area contributed by atoms with Crippen molar-refractivity contribution in [2.24, 2.45) is 0 Å². The number of aromatic amines is 2. The van der Waals surface area contributed by atoms with Crippen molar-refractivity contribution in [1.29, 1.82) is 0 Å². The van der Waals surface area contributed by atoms with Gasteiger partial charge in [-0.1, -0.05) is 35.9 Å². The van der Waals surface area contributed by atoms with Gasteiger partial charge >= 0.3 is 0 Å². The van der Waals surface area contributed by atoms with Gasteiger partial charge in [0.1, 0.15) is 11.5 Å². The monoisotopic (exact) mass is 367 g/mol. The highest BCUT2D eigenvalue weighted by Gasteiger charge is 2.13. The maximum atomic E-state index is 13.8. The molecule has 0 radical (unpaired) electrons. The van der Waals surface area contributed by atoms with E-state index in [0.29, 0.717) is 5.69 Å². The molecule has 1 amide bonds. The van der Waals surface area contributed by atoms with Gasteiger partial charge < -0.3 is 15.3 Å². The van der Waals surface area contributed by atoms with Crippen molar-refractivity contribution in [1.82, 2.24) is 15.3 Å². The number of hydrogen-bond donors (Lipinski definition) is 3. The van der Waals surface area contributed by atoms with Crippen LogP contribution in [0.15, 0.2) is 60.8 Å². The Bertz CT molecular complexity index is 1080. The molecule has 0 fully saturated rings. The van der Waals surface area contributed by atoms with Gasteiger partial charge in [-0.05, 0) is 30.3 Å². The number of aromatic nitrogens is 2. The first-order valence-corrected chi connectivity index (χ1v) is 8.48. The maximum Gasteiger partial charge on any atom is 0.267 e. The number of carbonyl (C=O) groups is 1. The number of rotatable bonds is 4. The largest absolute Gasteiger partial charge is 0.360 e. The van der Waals surface area contributed by atoms with E-state index in [1.807, 2.05) is 36.5 Å². The molecule has 0 atom stereocenters. The SMILES string of the molecule is O=C(NCc1c(F)cccc1Cl)c1ccc(-c2c[nH]c3ccccc23)[nH]1. The molecule has 2 heterocycles. The van der Waals surface area contributed by atoms with E-state index in [4.69, 9.17) is 11.6 Å². The summed E-state index contributed by atoms with van der Waals surface area (Å²) < 4.78 is 13.8. The summed E-state index contributed by atoms with van der Waals surface area (Å²) in [5.41, 5.74) is 3.51. The van der Waals surface area contributed by atoms with Crippen LogP contribution in [-0.2, 0) is 6.54 Å². The number of amides is 1. The third-order valence-corrected chi connectivity index (χ3v) is 4.65. The van der Waals surface area contributed by atoms with Crippen molar-refractivity contribution in [2.45, 2.75) is 6.54 Å². The molecule has 0 saturated carbocycles. The quantitative estimate of drug-likeness (QED) is 0.472. The van der Waals surface area contributed by atoms with Gasteiger partial charge in [-0.25, -0.2) is 4.39 Å². The van der Waals surface area contributed by atoms with E-state index in [1.165, 1.54) is 12.1 Å². The zero-order valence-corrected chi connectivity index (χ0v) is 14.4. The molecule has 4 nitrogen and oxygen atoms in total. The minimum absolute atomic E-state index is 0.0196. The average Bonchev–Trinajstić information content (AvgIpc) is 3.28. The normalized spacial score (nSPS) is 11.0. The van der Waals surface area contributed by atoms with Crippen molar-refractivity contribution < 1.29 is 9.18 Å². The van der Waals surface area contributed by atoms with Crippen LogP contribution in [-0.4, -0.2) is 15.9 Å². The van der Waals surface area contributed by atoms with Crippen LogP contribution in [0.3, 0.4) is 0 Å². The molecule has 0 unspecified atom stereocenters. The third-order valence-electron chi connectivity index (χ3n) is 4.30. The van der Waals surface area contributed by atoms with Gasteiger partial charge in [-0.2, -0.15) is 0 Å². The molecule has 0 bridgehead atoms. The Morgan fingerprint density at radius 1 is 1.08 bits per heavy atom. The van der Waals surface area contributed by atoms with Gasteiger partial charge in [-0.3, -0.25) is 4.79 Å². The first-order valence-electron chi connectivity index (χ1n) is 8.10. The molecule has 0 spiro atoms. The van der Waals surface area contributed by atoms with Crippen LogP contribution in [0.1, 0.15) is 16.1 Å². The van der Waals surface area contributed by atoms with Crippen LogP contribution in [0.2, 0.25) is 5.02 Å². The van der Waals surface area contributed by atoms with Crippen molar-refractivity contribution >= 4 is 28.4 Å². The number of H-pyrrole nitrogens is 2. The Hall–Kier alpha value is -3.05. The number of para-hydroxylation sites is 1. The molecule has 4 aromatic rings. The molecule has 3 N–H and O–H groups in total. The lowest BCUT2D eigenvalue weighted by Crippen LogP contribution is -2.23. The van der Waals surface area contributed by atoms with Gasteiger partial charge in [-0.15, -0.1) is 0 Å². The molecule has 0 aliphatic heterocycles. The van der Waals surface area contributed by atoms with Crippen molar-refractivity contribution in [2.75, 3.05) is 0 Å². The van der Waals surface area contributed by atoms with Crippen LogP contribution in [0.25, 0.3) is 22.2 Å². The van der Waals surface area contributed by atoms with Crippen molar-refractivity contribution in [3.63, 3.8) is 0 Å². The molecular weight excluding hydrogens is 353 g/mol. The summed E-state index contributed by atoms with van der Waals surface area (Å²) in [6.45, 7) is 0.0196. The van der Waals surface area contributed by atoms with E-state index in [-0.39, 0.29) is 23.0 Å². The van der Waals surface area contributed by atoms with E-state index in [0.717, 1.165) is 22.2 Å². The molecule has 0 aliphatic carbocycles. The maximum absolute atomic E-state index is 13.8. The molecule has 0 saturated heterocycles. The molecule has 6 heteroatoms. The number of benzene rings is 2. The number of halogens is 2. The summed E-state index contributed by atoms with van der Waals surface area (Å²) in [6.07, 6.45) is 1.90. The highest BCUT2D eigenvalue weighted by Crippen LogP contribution is 2.27. The molecule has 2 aromatic heterocycles. The number of hydrogen-bond acceptors (Lipinski definition) is 1. The summed E-state index contributed by atoms with van der Waals surface area (Å²) in [5, 5.41) is 4.05. The minimum atomic E-state index is -0.441. The Morgan fingerprint density at radius 2 is 1.92 bits per heavy atom. The second-order valence-corrected chi connectivity index (χ2v) is 6.32. The van der Waals surface area contributed by atoms with Crippen LogP contribution < -0.4 is 5.32 Å². The highest BCUT2D eigenvalue weighted by atomic mass is 35.5. The van der Waals surface area contributed by atoms with E-state index < -0.39 is 5.82 Å². The fourth-order valence-corrected chi connectivity index (χ4v) is 3.17. The summed E-state index contributed by atoms with van der Waals surface area (Å²) in [5.74, 6) is -0.765. The van der Waals surface area contributed by atoms with Gasteiger partial charge in [0.05, 0.1) is 0 Å². The second-order valence-electron chi connectivity index (χ2n) is 5.92. The third kappa shape index (κ3) is 2.97. The van der Waals surface area contributed by atoms with E-state index in [2.05, 4.69) is 15.3 Å². The number of fused-ring (bicyclic) bond motifs is 1. The van der Waals surface area contributed by atoms with E-state index in [1.54, 1.807) is 12.1 Å². The Balaban J connectivity index is 1.53. The predicted molar refractivity (Wildman–Crippen MR) is 101 cm³/mol. The second kappa shape index (κ2) is 6.69. The highest BCUT2D eigenvalue weighted by molar-refractivity contribution is 6.31. The fraction of sp³-hybridized carbons (Fsp3) is 0.0500. The average molecular weight is 368 g/mol. The van der Waals surface area contributed by atoms with Gasteiger partial charge in [0.15, 0.2) is 0 Å². The Labute approximate surface area is 154 Å². The zero-order chi connectivity index (χ0) is 18.1. The lowest BCUT2D eigenvalue weighted by molar-refractivity contribution is 0.0946.